The maximum Gasteiger partial charge on any atom is 0.412 e. The summed E-state index contributed by atoms with van der Waals surface area (Å²) in [7, 11) is 0. The number of benzene rings is 3. The number of fused-ring (bicyclic) bond motifs is 3. The first-order valence-corrected chi connectivity index (χ1v) is 13.3. The highest BCUT2D eigenvalue weighted by molar-refractivity contribution is 5.79. The molecule has 1 N–H and O–H groups in total. The smallest absolute Gasteiger partial charge is 0.412 e. The largest absolute Gasteiger partial charge is 0.448 e. The zero-order chi connectivity index (χ0) is 27.0. The van der Waals surface area contributed by atoms with Gasteiger partial charge < -0.3 is 19.5 Å². The number of esters is 1. The van der Waals surface area contributed by atoms with Gasteiger partial charge in [-0.1, -0.05) is 78.9 Å². The van der Waals surface area contributed by atoms with Gasteiger partial charge in [0.15, 0.2) is 6.73 Å². The molecular formula is C31H32N2O6. The molecule has 5 rings (SSSR count). The van der Waals surface area contributed by atoms with Crippen LogP contribution in [0, 0.1) is 0 Å². The van der Waals surface area contributed by atoms with E-state index in [9.17, 15) is 14.4 Å². The minimum Gasteiger partial charge on any atom is -0.448 e. The molecule has 1 aliphatic heterocycles. The van der Waals surface area contributed by atoms with Crippen LogP contribution in [0.2, 0.25) is 0 Å². The Hall–Kier alpha value is -4.33. The monoisotopic (exact) mass is 528 g/mol. The Balaban J connectivity index is 1.09. The van der Waals surface area contributed by atoms with Crippen molar-refractivity contribution in [3.63, 3.8) is 0 Å². The fourth-order valence-corrected chi connectivity index (χ4v) is 5.21. The number of amides is 2. The zero-order valence-corrected chi connectivity index (χ0v) is 21.7. The van der Waals surface area contributed by atoms with Gasteiger partial charge in [-0.3, -0.25) is 9.69 Å². The molecular weight excluding hydrogens is 496 g/mol. The number of hydrogen-bond donors (Lipinski definition) is 1. The minimum atomic E-state index is -0.489. The van der Waals surface area contributed by atoms with E-state index in [1.807, 2.05) is 54.6 Å². The van der Waals surface area contributed by atoms with E-state index >= 15 is 0 Å². The first-order valence-electron chi connectivity index (χ1n) is 13.3. The minimum absolute atomic E-state index is 0.0418. The molecule has 2 amide bonds. The van der Waals surface area contributed by atoms with Crippen LogP contribution in [0.15, 0.2) is 78.9 Å². The van der Waals surface area contributed by atoms with Gasteiger partial charge >= 0.3 is 18.2 Å². The topological polar surface area (TPSA) is 94.2 Å². The number of carbonyl (C=O) groups excluding carboxylic acids is 3. The van der Waals surface area contributed by atoms with Crippen molar-refractivity contribution in [3.05, 3.63) is 95.6 Å². The highest BCUT2D eigenvalue weighted by Crippen LogP contribution is 2.44. The van der Waals surface area contributed by atoms with Crippen LogP contribution in [-0.4, -0.2) is 49.0 Å². The van der Waals surface area contributed by atoms with E-state index in [4.69, 9.17) is 14.2 Å². The standard InChI is InChI=1S/C31H32N2O6/c34-29-18-23(12-8-9-17-32-30(35)37-19-22-10-2-1-3-11-22)33(21-39-29)31(36)38-20-28-26-15-6-4-13-24(26)25-14-5-7-16-27(25)28/h1-7,10-11,13-16,23,28H,8-9,12,17-21H2,(H,32,35)/t23-/m0/s1. The average molecular weight is 529 g/mol. The highest BCUT2D eigenvalue weighted by atomic mass is 16.6. The quantitative estimate of drug-likeness (QED) is 0.221. The summed E-state index contributed by atoms with van der Waals surface area (Å²) in [5, 5.41) is 2.74. The Labute approximate surface area is 227 Å². The molecule has 0 bridgehead atoms. The van der Waals surface area contributed by atoms with E-state index < -0.39 is 12.2 Å². The van der Waals surface area contributed by atoms with E-state index in [2.05, 4.69) is 29.6 Å². The second kappa shape index (κ2) is 12.5. The van der Waals surface area contributed by atoms with Gasteiger partial charge in [0, 0.05) is 18.5 Å². The molecule has 1 aliphatic carbocycles. The second-order valence-electron chi connectivity index (χ2n) is 9.76. The predicted octanol–water partition coefficient (Wildman–Crippen LogP) is 5.61. The van der Waals surface area contributed by atoms with Crippen LogP contribution in [0.25, 0.3) is 11.1 Å². The third-order valence-electron chi connectivity index (χ3n) is 7.22. The van der Waals surface area contributed by atoms with Crippen LogP contribution in [0.5, 0.6) is 0 Å². The lowest BCUT2D eigenvalue weighted by Crippen LogP contribution is -2.48. The molecule has 1 atom stereocenters. The van der Waals surface area contributed by atoms with Crippen LogP contribution in [0.3, 0.4) is 0 Å². The number of rotatable bonds is 9. The molecule has 3 aromatic carbocycles. The number of carbonyl (C=O) groups is 3. The molecule has 1 heterocycles. The lowest BCUT2D eigenvalue weighted by atomic mass is 9.98. The first-order chi connectivity index (χ1) is 19.1. The van der Waals surface area contributed by atoms with Gasteiger partial charge in [0.1, 0.15) is 13.2 Å². The van der Waals surface area contributed by atoms with E-state index in [0.29, 0.717) is 25.8 Å². The van der Waals surface area contributed by atoms with Crippen molar-refractivity contribution < 1.29 is 28.6 Å². The van der Waals surface area contributed by atoms with Crippen LogP contribution in [0.4, 0.5) is 9.59 Å². The van der Waals surface area contributed by atoms with E-state index in [1.165, 1.54) is 4.90 Å². The van der Waals surface area contributed by atoms with Gasteiger partial charge in [0.05, 0.1) is 6.42 Å². The molecule has 0 aromatic heterocycles. The zero-order valence-electron chi connectivity index (χ0n) is 21.7. The number of cyclic esters (lactones) is 1. The Bertz CT molecular complexity index is 1270. The lowest BCUT2D eigenvalue weighted by Gasteiger charge is -2.34. The summed E-state index contributed by atoms with van der Waals surface area (Å²) in [6, 6.07) is 25.5. The third-order valence-corrected chi connectivity index (χ3v) is 7.22. The van der Waals surface area contributed by atoms with Crippen LogP contribution in [0.1, 0.15) is 48.3 Å². The van der Waals surface area contributed by atoms with E-state index in [1.54, 1.807) is 0 Å². The molecule has 0 unspecified atom stereocenters. The van der Waals surface area contributed by atoms with Crippen molar-refractivity contribution in [2.24, 2.45) is 0 Å². The fraction of sp³-hybridized carbons (Fsp3) is 0.323. The summed E-state index contributed by atoms with van der Waals surface area (Å²) in [6.07, 6.45) is 1.16. The molecule has 1 saturated heterocycles. The van der Waals surface area contributed by atoms with Crippen molar-refractivity contribution in [2.75, 3.05) is 19.9 Å². The Morgan fingerprint density at radius 2 is 1.54 bits per heavy atom. The fourth-order valence-electron chi connectivity index (χ4n) is 5.21. The highest BCUT2D eigenvalue weighted by Gasteiger charge is 2.34. The van der Waals surface area contributed by atoms with E-state index in [0.717, 1.165) is 27.8 Å². The summed E-state index contributed by atoms with van der Waals surface area (Å²) in [4.78, 5) is 38.5. The van der Waals surface area contributed by atoms with Crippen LogP contribution < -0.4 is 5.32 Å². The van der Waals surface area contributed by atoms with Gasteiger partial charge in [0.25, 0.3) is 0 Å². The predicted molar refractivity (Wildman–Crippen MR) is 145 cm³/mol. The van der Waals surface area contributed by atoms with Crippen molar-refractivity contribution in [2.45, 2.75) is 44.2 Å². The maximum absolute atomic E-state index is 13.1. The number of nitrogens with zero attached hydrogens (tertiary/aromatic N) is 1. The third kappa shape index (κ3) is 6.39. The number of ether oxygens (including phenoxy) is 3. The van der Waals surface area contributed by atoms with Gasteiger partial charge in [-0.15, -0.1) is 0 Å². The van der Waals surface area contributed by atoms with Crippen LogP contribution >= 0.6 is 0 Å². The molecule has 8 heteroatoms. The molecule has 2 aliphatic rings. The van der Waals surface area contributed by atoms with Gasteiger partial charge in [0.2, 0.25) is 0 Å². The van der Waals surface area contributed by atoms with Gasteiger partial charge in [-0.2, -0.15) is 0 Å². The number of hydrogen-bond acceptors (Lipinski definition) is 6. The molecule has 39 heavy (non-hydrogen) atoms. The molecule has 8 nitrogen and oxygen atoms in total. The molecule has 1 fully saturated rings. The molecule has 0 radical (unpaired) electrons. The maximum atomic E-state index is 13.1. The number of nitrogens with one attached hydrogen (secondary N) is 1. The summed E-state index contributed by atoms with van der Waals surface area (Å²) in [5.41, 5.74) is 5.53. The lowest BCUT2D eigenvalue weighted by molar-refractivity contribution is -0.157. The molecule has 0 spiro atoms. The van der Waals surface area contributed by atoms with Crippen molar-refractivity contribution in [1.29, 1.82) is 0 Å². The summed E-state index contributed by atoms with van der Waals surface area (Å²) in [6.45, 7) is 0.741. The number of alkyl carbamates (subject to hydrolysis) is 1. The Morgan fingerprint density at radius 1 is 0.872 bits per heavy atom. The van der Waals surface area contributed by atoms with Crippen molar-refractivity contribution in [1.82, 2.24) is 10.2 Å². The normalized spacial score (nSPS) is 16.2. The summed E-state index contributed by atoms with van der Waals surface area (Å²) < 4.78 is 16.2. The van der Waals surface area contributed by atoms with Gasteiger partial charge in [-0.05, 0) is 47.1 Å². The van der Waals surface area contributed by atoms with Crippen molar-refractivity contribution in [3.8, 4) is 11.1 Å². The SMILES string of the molecule is O=C1C[C@H](CCCCNC(=O)OCc2ccccc2)N(C(=O)OCC2c3ccccc3-c3ccccc32)CO1. The number of unbranched alkanes of at least 4 members (excludes halogenated alkanes) is 1. The second-order valence-corrected chi connectivity index (χ2v) is 9.76. The molecule has 3 aromatic rings. The average Bonchev–Trinajstić information content (AvgIpc) is 3.29. The molecule has 0 saturated carbocycles. The Kier molecular flexibility index (Phi) is 8.41. The molecule has 202 valence electrons. The van der Waals surface area contributed by atoms with E-state index in [-0.39, 0.29) is 44.3 Å². The summed E-state index contributed by atoms with van der Waals surface area (Å²) in [5.74, 6) is -0.370. The summed E-state index contributed by atoms with van der Waals surface area (Å²) >= 11 is 0. The van der Waals surface area contributed by atoms with Crippen LogP contribution in [-0.2, 0) is 25.6 Å². The first kappa shape index (κ1) is 26.3. The van der Waals surface area contributed by atoms with Gasteiger partial charge in [-0.25, -0.2) is 9.59 Å². The van der Waals surface area contributed by atoms with Crippen molar-refractivity contribution >= 4 is 18.2 Å². The Morgan fingerprint density at radius 3 is 2.26 bits per heavy atom.